The number of piperazine rings is 1. The van der Waals surface area contributed by atoms with E-state index in [1.54, 1.807) is 18.3 Å². The van der Waals surface area contributed by atoms with Crippen LogP contribution in [-0.4, -0.2) is 84.6 Å². The number of fused-ring (bicyclic) bond motifs is 1. The summed E-state index contributed by atoms with van der Waals surface area (Å²) < 4.78 is 28.9. The van der Waals surface area contributed by atoms with Crippen molar-refractivity contribution in [3.63, 3.8) is 0 Å². The van der Waals surface area contributed by atoms with Crippen LogP contribution in [0.15, 0.2) is 24.4 Å². The van der Waals surface area contributed by atoms with Gasteiger partial charge in [-0.3, -0.25) is 14.6 Å². The van der Waals surface area contributed by atoms with Crippen LogP contribution in [0.2, 0.25) is 0 Å². The summed E-state index contributed by atoms with van der Waals surface area (Å²) >= 11 is 0. The minimum Gasteiger partial charge on any atom is -0.480 e. The van der Waals surface area contributed by atoms with Gasteiger partial charge < -0.3 is 14.8 Å². The predicted octanol–water partition coefficient (Wildman–Crippen LogP) is 1.00. The van der Waals surface area contributed by atoms with E-state index >= 15 is 0 Å². The molecule has 0 saturated carbocycles. The van der Waals surface area contributed by atoms with Crippen LogP contribution >= 0.6 is 0 Å². The van der Waals surface area contributed by atoms with E-state index in [0.717, 1.165) is 10.9 Å². The molecule has 0 radical (unpaired) electrons. The maximum atomic E-state index is 12.2. The van der Waals surface area contributed by atoms with Gasteiger partial charge in [-0.1, -0.05) is 0 Å². The number of sulfone groups is 1. The highest BCUT2D eigenvalue weighted by molar-refractivity contribution is 7.91. The van der Waals surface area contributed by atoms with Crippen molar-refractivity contribution in [3.8, 4) is 11.8 Å². The van der Waals surface area contributed by atoms with E-state index in [2.05, 4.69) is 9.88 Å². The molecule has 9 nitrogen and oxygen atoms in total. The van der Waals surface area contributed by atoms with Crippen LogP contribution in [0.1, 0.15) is 18.0 Å². The molecule has 0 aliphatic carbocycles. The van der Waals surface area contributed by atoms with Gasteiger partial charge in [-0.2, -0.15) is 5.26 Å². The van der Waals surface area contributed by atoms with E-state index in [9.17, 15) is 18.3 Å². The molecular weight excluding hydrogens is 408 g/mol. The van der Waals surface area contributed by atoms with Crippen molar-refractivity contribution in [3.05, 3.63) is 30.0 Å². The maximum absolute atomic E-state index is 12.2. The molecule has 1 aromatic heterocycles. The van der Waals surface area contributed by atoms with E-state index in [4.69, 9.17) is 10.00 Å². The zero-order valence-electron chi connectivity index (χ0n) is 16.5. The number of nitriles is 1. The number of nitrogens with zero attached hydrogens (tertiary/aromatic N) is 3. The summed E-state index contributed by atoms with van der Waals surface area (Å²) in [5, 5.41) is 19.5. The average Bonchev–Trinajstić information content (AvgIpc) is 3.30. The third kappa shape index (κ3) is 4.14. The number of nitrogens with one attached hydrogen (secondary N) is 1. The fraction of sp³-hybridized carbons (Fsp3) is 0.500. The first-order valence-corrected chi connectivity index (χ1v) is 11.7. The number of ether oxygens (including phenoxy) is 1. The lowest BCUT2D eigenvalue weighted by Crippen LogP contribution is -2.52. The monoisotopic (exact) mass is 432 g/mol. The molecule has 2 fully saturated rings. The van der Waals surface area contributed by atoms with Crippen molar-refractivity contribution < 1.29 is 23.1 Å². The molecule has 4 rings (SSSR count). The van der Waals surface area contributed by atoms with Crippen LogP contribution in [0.3, 0.4) is 0 Å². The molecule has 0 spiro atoms. The van der Waals surface area contributed by atoms with Crippen LogP contribution in [0, 0.1) is 11.3 Å². The second-order valence-corrected chi connectivity index (χ2v) is 10.00. The largest absolute Gasteiger partial charge is 0.480 e. The number of aromatic nitrogens is 1. The van der Waals surface area contributed by atoms with Crippen LogP contribution in [0.5, 0.6) is 5.75 Å². The molecule has 30 heavy (non-hydrogen) atoms. The van der Waals surface area contributed by atoms with Crippen molar-refractivity contribution in [1.82, 2.24) is 14.8 Å². The topological polar surface area (TPSA) is 127 Å². The van der Waals surface area contributed by atoms with Crippen LogP contribution in [0.4, 0.5) is 0 Å². The number of carboxylic acids is 1. The Morgan fingerprint density at radius 3 is 2.73 bits per heavy atom. The quantitative estimate of drug-likeness (QED) is 0.692. The van der Waals surface area contributed by atoms with E-state index < -0.39 is 21.8 Å². The Labute approximate surface area is 174 Å². The number of hydrogen-bond acceptors (Lipinski definition) is 7. The normalized spacial score (nSPS) is 23.2. The van der Waals surface area contributed by atoms with Gasteiger partial charge in [0.2, 0.25) is 0 Å². The minimum atomic E-state index is -2.94. The second kappa shape index (κ2) is 8.26. The molecule has 2 aromatic rings. The van der Waals surface area contributed by atoms with E-state index in [1.165, 1.54) is 0 Å². The first-order chi connectivity index (χ1) is 14.4. The van der Waals surface area contributed by atoms with Gasteiger partial charge in [0.15, 0.2) is 16.4 Å². The fourth-order valence-electron chi connectivity index (χ4n) is 4.46. The van der Waals surface area contributed by atoms with E-state index in [-0.39, 0.29) is 24.2 Å². The molecule has 160 valence electrons. The van der Waals surface area contributed by atoms with Gasteiger partial charge in [0.05, 0.1) is 11.5 Å². The Morgan fingerprint density at radius 1 is 1.33 bits per heavy atom. The molecule has 0 unspecified atom stereocenters. The maximum Gasteiger partial charge on any atom is 0.325 e. The van der Waals surface area contributed by atoms with Gasteiger partial charge in [-0.15, -0.1) is 0 Å². The first kappa shape index (κ1) is 20.7. The zero-order valence-corrected chi connectivity index (χ0v) is 17.3. The molecular formula is C20H24N4O5S. The summed E-state index contributed by atoms with van der Waals surface area (Å²) in [6.07, 6.45) is 2.37. The highest BCUT2D eigenvalue weighted by Gasteiger charge is 2.37. The fourth-order valence-corrected chi connectivity index (χ4v) is 6.22. The number of hydrogen-bond donors (Lipinski definition) is 2. The lowest BCUT2D eigenvalue weighted by Gasteiger charge is -2.40. The van der Waals surface area contributed by atoms with Crippen LogP contribution < -0.4 is 4.74 Å². The smallest absolute Gasteiger partial charge is 0.325 e. The molecule has 0 bridgehead atoms. The minimum absolute atomic E-state index is 0.0355. The summed E-state index contributed by atoms with van der Waals surface area (Å²) in [7, 11) is -2.94. The molecule has 2 saturated heterocycles. The molecule has 3 heterocycles. The van der Waals surface area contributed by atoms with Crippen LogP contribution in [-0.2, 0) is 14.6 Å². The van der Waals surface area contributed by atoms with Crippen LogP contribution in [0.25, 0.3) is 10.9 Å². The Hall–Kier alpha value is -2.61. The summed E-state index contributed by atoms with van der Waals surface area (Å²) in [5.74, 6) is 0.0159. The Bertz CT molecular complexity index is 1080. The lowest BCUT2D eigenvalue weighted by atomic mass is 10.0. The van der Waals surface area contributed by atoms with Gasteiger partial charge in [0, 0.05) is 54.9 Å². The molecule has 10 heteroatoms. The number of aromatic amines is 1. The Kier molecular flexibility index (Phi) is 5.69. The van der Waals surface area contributed by atoms with Gasteiger partial charge in [0.1, 0.15) is 17.9 Å². The third-order valence-electron chi connectivity index (χ3n) is 5.96. The third-order valence-corrected chi connectivity index (χ3v) is 7.71. The Balaban J connectivity index is 1.52. The molecule has 2 N–H and O–H groups in total. The highest BCUT2D eigenvalue weighted by atomic mass is 32.2. The number of aliphatic carboxylic acids is 1. The molecule has 1 aromatic carbocycles. The Morgan fingerprint density at radius 2 is 2.10 bits per heavy atom. The summed E-state index contributed by atoms with van der Waals surface area (Å²) in [4.78, 5) is 19.4. The summed E-state index contributed by atoms with van der Waals surface area (Å²) in [5.41, 5.74) is 1.45. The van der Waals surface area contributed by atoms with Crippen molar-refractivity contribution in [2.45, 2.75) is 18.5 Å². The predicted molar refractivity (Wildman–Crippen MR) is 110 cm³/mol. The molecule has 2 atom stereocenters. The SMILES string of the molecule is N#CCOc1ccc2[nH]cc([C@@H](C(=O)O)N3CCN([C@H]4CCS(=O)(=O)C4)CC3)c2c1. The lowest BCUT2D eigenvalue weighted by molar-refractivity contribution is -0.144. The summed E-state index contributed by atoms with van der Waals surface area (Å²) in [6, 6.07) is 6.45. The number of rotatable bonds is 6. The van der Waals surface area contributed by atoms with E-state index in [1.807, 2.05) is 17.0 Å². The van der Waals surface area contributed by atoms with Crippen molar-refractivity contribution in [1.29, 1.82) is 5.26 Å². The number of carboxylic acid groups (broad SMARTS) is 1. The van der Waals surface area contributed by atoms with Gasteiger partial charge in [0.25, 0.3) is 0 Å². The zero-order chi connectivity index (χ0) is 21.3. The van der Waals surface area contributed by atoms with E-state index in [0.29, 0.717) is 43.9 Å². The molecule has 2 aliphatic rings. The molecule has 2 aliphatic heterocycles. The standard InChI is InChI=1S/C20H24N4O5S/c21-4-9-29-15-1-2-18-16(11-15)17(12-22-18)19(20(25)26)24-7-5-23(6-8-24)14-3-10-30(27,28)13-14/h1-2,11-12,14,19,22H,3,5-10,13H2,(H,25,26)/t14-,19-/m0/s1. The van der Waals surface area contributed by atoms with Crippen molar-refractivity contribution >= 4 is 26.7 Å². The van der Waals surface area contributed by atoms with Crippen molar-refractivity contribution in [2.24, 2.45) is 0 Å². The first-order valence-electron chi connectivity index (χ1n) is 9.90. The van der Waals surface area contributed by atoms with Gasteiger partial charge >= 0.3 is 5.97 Å². The number of carbonyl (C=O) groups is 1. The van der Waals surface area contributed by atoms with Crippen molar-refractivity contribution in [2.75, 3.05) is 44.3 Å². The molecule has 0 amide bonds. The second-order valence-electron chi connectivity index (χ2n) is 7.77. The van der Waals surface area contributed by atoms with Gasteiger partial charge in [-0.05, 0) is 24.6 Å². The highest BCUT2D eigenvalue weighted by Crippen LogP contribution is 2.32. The number of benzene rings is 1. The average molecular weight is 433 g/mol. The summed E-state index contributed by atoms with van der Waals surface area (Å²) in [6.45, 7) is 2.30. The van der Waals surface area contributed by atoms with Gasteiger partial charge in [-0.25, -0.2) is 8.42 Å². The number of H-pyrrole nitrogens is 1.